The summed E-state index contributed by atoms with van der Waals surface area (Å²) in [4.78, 5) is 13.2. The Balaban J connectivity index is 1.87. The first-order chi connectivity index (χ1) is 7.20. The SMILES string of the molecule is NCC(=O)N1CC[C@@H](O)[C@H](CC2CC2)C1. The van der Waals surface area contributed by atoms with Gasteiger partial charge in [0, 0.05) is 19.0 Å². The number of piperidine rings is 1. The third-order valence-corrected chi connectivity index (χ3v) is 3.55. The van der Waals surface area contributed by atoms with Crippen LogP contribution in [0.2, 0.25) is 0 Å². The second-order valence-electron chi connectivity index (χ2n) is 4.84. The molecule has 0 unspecified atom stereocenters. The molecule has 1 aliphatic carbocycles. The molecule has 4 nitrogen and oxygen atoms in total. The van der Waals surface area contributed by atoms with Gasteiger partial charge in [0.25, 0.3) is 0 Å². The van der Waals surface area contributed by atoms with Crippen molar-refractivity contribution in [2.24, 2.45) is 17.6 Å². The van der Waals surface area contributed by atoms with Crippen molar-refractivity contribution in [2.75, 3.05) is 19.6 Å². The number of hydrogen-bond acceptors (Lipinski definition) is 3. The number of hydrogen-bond donors (Lipinski definition) is 2. The van der Waals surface area contributed by atoms with Crippen LogP contribution in [0.5, 0.6) is 0 Å². The molecule has 1 heterocycles. The maximum Gasteiger partial charge on any atom is 0.236 e. The molecular formula is C11H20N2O2. The number of carbonyl (C=O) groups excluding carboxylic acids is 1. The van der Waals surface area contributed by atoms with Gasteiger partial charge in [0.1, 0.15) is 0 Å². The first kappa shape index (κ1) is 10.9. The van der Waals surface area contributed by atoms with E-state index in [1.165, 1.54) is 12.8 Å². The zero-order chi connectivity index (χ0) is 10.8. The molecule has 2 fully saturated rings. The van der Waals surface area contributed by atoms with Gasteiger partial charge in [-0.25, -0.2) is 0 Å². The molecule has 0 aromatic heterocycles. The standard InChI is InChI=1S/C11H20N2O2/c12-6-11(15)13-4-3-10(14)9(7-13)5-8-1-2-8/h8-10,14H,1-7,12H2/t9-,10-/m1/s1. The molecule has 2 atom stereocenters. The highest BCUT2D eigenvalue weighted by molar-refractivity contribution is 5.78. The Labute approximate surface area is 90.4 Å². The maximum absolute atomic E-state index is 11.4. The second kappa shape index (κ2) is 4.49. The van der Waals surface area contributed by atoms with E-state index >= 15 is 0 Å². The van der Waals surface area contributed by atoms with Gasteiger partial charge in [-0.3, -0.25) is 4.79 Å². The van der Waals surface area contributed by atoms with Crippen LogP contribution >= 0.6 is 0 Å². The molecule has 1 amide bonds. The van der Waals surface area contributed by atoms with Gasteiger partial charge >= 0.3 is 0 Å². The van der Waals surface area contributed by atoms with Gasteiger partial charge in [-0.05, 0) is 18.8 Å². The fourth-order valence-electron chi connectivity index (χ4n) is 2.39. The van der Waals surface area contributed by atoms with Crippen LogP contribution < -0.4 is 5.73 Å². The number of aliphatic hydroxyl groups excluding tert-OH is 1. The molecule has 0 radical (unpaired) electrons. The third kappa shape index (κ3) is 2.69. The predicted octanol–water partition coefficient (Wildman–Crippen LogP) is -0.0454. The van der Waals surface area contributed by atoms with Gasteiger partial charge in [0.05, 0.1) is 12.6 Å². The van der Waals surface area contributed by atoms with E-state index in [1.54, 1.807) is 4.90 Å². The fourth-order valence-corrected chi connectivity index (χ4v) is 2.39. The van der Waals surface area contributed by atoms with Gasteiger partial charge in [0.15, 0.2) is 0 Å². The molecule has 15 heavy (non-hydrogen) atoms. The van der Waals surface area contributed by atoms with Crippen molar-refractivity contribution in [3.8, 4) is 0 Å². The normalized spacial score (nSPS) is 31.7. The third-order valence-electron chi connectivity index (χ3n) is 3.55. The molecule has 0 aromatic rings. The Morgan fingerprint density at radius 1 is 1.40 bits per heavy atom. The quantitative estimate of drug-likeness (QED) is 0.689. The molecule has 86 valence electrons. The molecule has 2 rings (SSSR count). The number of amides is 1. The van der Waals surface area contributed by atoms with Gasteiger partial charge in [-0.2, -0.15) is 0 Å². The van der Waals surface area contributed by atoms with Crippen LogP contribution in [0.15, 0.2) is 0 Å². The molecule has 4 heteroatoms. The van der Waals surface area contributed by atoms with Crippen molar-refractivity contribution < 1.29 is 9.90 Å². The number of nitrogens with two attached hydrogens (primary N) is 1. The number of rotatable bonds is 3. The summed E-state index contributed by atoms with van der Waals surface area (Å²) < 4.78 is 0. The summed E-state index contributed by atoms with van der Waals surface area (Å²) in [5.41, 5.74) is 5.34. The highest BCUT2D eigenvalue weighted by Crippen LogP contribution is 2.37. The monoisotopic (exact) mass is 212 g/mol. The van der Waals surface area contributed by atoms with Crippen molar-refractivity contribution in [1.29, 1.82) is 0 Å². The Bertz CT molecular complexity index is 241. The molecule has 0 spiro atoms. The average molecular weight is 212 g/mol. The van der Waals surface area contributed by atoms with Crippen molar-refractivity contribution in [1.82, 2.24) is 4.90 Å². The van der Waals surface area contributed by atoms with E-state index in [0.29, 0.717) is 19.5 Å². The van der Waals surface area contributed by atoms with Gasteiger partial charge in [0.2, 0.25) is 5.91 Å². The topological polar surface area (TPSA) is 66.6 Å². The van der Waals surface area contributed by atoms with Crippen molar-refractivity contribution in [2.45, 2.75) is 31.8 Å². The summed E-state index contributed by atoms with van der Waals surface area (Å²) in [5, 5.41) is 9.85. The molecule has 0 aromatic carbocycles. The van der Waals surface area contributed by atoms with Crippen LogP contribution in [0, 0.1) is 11.8 Å². The van der Waals surface area contributed by atoms with E-state index in [1.807, 2.05) is 0 Å². The maximum atomic E-state index is 11.4. The minimum atomic E-state index is -0.215. The van der Waals surface area contributed by atoms with Crippen LogP contribution in [0.3, 0.4) is 0 Å². The van der Waals surface area contributed by atoms with Gasteiger partial charge in [-0.1, -0.05) is 12.8 Å². The molecule has 1 aliphatic heterocycles. The Hall–Kier alpha value is -0.610. The van der Waals surface area contributed by atoms with Crippen molar-refractivity contribution in [3.05, 3.63) is 0 Å². The van der Waals surface area contributed by atoms with E-state index in [-0.39, 0.29) is 24.5 Å². The van der Waals surface area contributed by atoms with Gasteiger partial charge in [-0.15, -0.1) is 0 Å². The lowest BCUT2D eigenvalue weighted by molar-refractivity contribution is -0.133. The minimum absolute atomic E-state index is 0.0164. The van der Waals surface area contributed by atoms with E-state index < -0.39 is 0 Å². The van der Waals surface area contributed by atoms with E-state index in [2.05, 4.69) is 0 Å². The summed E-state index contributed by atoms with van der Waals surface area (Å²) in [7, 11) is 0. The molecule has 1 saturated carbocycles. The largest absolute Gasteiger partial charge is 0.393 e. The van der Waals surface area contributed by atoms with Crippen LogP contribution in [0.1, 0.15) is 25.7 Å². The first-order valence-electron chi connectivity index (χ1n) is 5.86. The molecule has 3 N–H and O–H groups in total. The van der Waals surface area contributed by atoms with Gasteiger partial charge < -0.3 is 15.7 Å². The van der Waals surface area contributed by atoms with Crippen molar-refractivity contribution in [3.63, 3.8) is 0 Å². The highest BCUT2D eigenvalue weighted by atomic mass is 16.3. The number of likely N-dealkylation sites (tertiary alicyclic amines) is 1. The Morgan fingerprint density at radius 3 is 2.73 bits per heavy atom. The molecule has 2 aliphatic rings. The van der Waals surface area contributed by atoms with Crippen LogP contribution in [0.4, 0.5) is 0 Å². The number of nitrogens with zero attached hydrogens (tertiary/aromatic N) is 1. The van der Waals surface area contributed by atoms with Crippen LogP contribution in [-0.2, 0) is 4.79 Å². The second-order valence-corrected chi connectivity index (χ2v) is 4.84. The summed E-state index contributed by atoms with van der Waals surface area (Å²) in [6, 6.07) is 0. The Kier molecular flexibility index (Phi) is 3.26. The van der Waals surface area contributed by atoms with Crippen LogP contribution in [0.25, 0.3) is 0 Å². The molecule has 0 bridgehead atoms. The van der Waals surface area contributed by atoms with E-state index in [4.69, 9.17) is 5.73 Å². The lowest BCUT2D eigenvalue weighted by Crippen LogP contribution is -2.48. The van der Waals surface area contributed by atoms with E-state index in [0.717, 1.165) is 12.3 Å². The van der Waals surface area contributed by atoms with Crippen molar-refractivity contribution >= 4 is 5.91 Å². The fraction of sp³-hybridized carbons (Fsp3) is 0.909. The summed E-state index contributed by atoms with van der Waals surface area (Å²) in [6.45, 7) is 1.46. The molecule has 1 saturated heterocycles. The number of carbonyl (C=O) groups is 1. The lowest BCUT2D eigenvalue weighted by Gasteiger charge is -2.36. The summed E-state index contributed by atoms with van der Waals surface area (Å²) in [6.07, 6.45) is 4.17. The average Bonchev–Trinajstić information content (AvgIpc) is 3.04. The predicted molar refractivity (Wildman–Crippen MR) is 57.1 cm³/mol. The molecular weight excluding hydrogens is 192 g/mol. The van der Waals surface area contributed by atoms with E-state index in [9.17, 15) is 9.90 Å². The lowest BCUT2D eigenvalue weighted by atomic mass is 9.90. The minimum Gasteiger partial charge on any atom is -0.393 e. The smallest absolute Gasteiger partial charge is 0.236 e. The van der Waals surface area contributed by atoms with Crippen LogP contribution in [-0.4, -0.2) is 41.7 Å². The highest BCUT2D eigenvalue weighted by Gasteiger charge is 2.34. The zero-order valence-corrected chi connectivity index (χ0v) is 9.06. The summed E-state index contributed by atoms with van der Waals surface area (Å²) >= 11 is 0. The Morgan fingerprint density at radius 2 is 2.13 bits per heavy atom. The first-order valence-corrected chi connectivity index (χ1v) is 5.86. The zero-order valence-electron chi connectivity index (χ0n) is 9.06. The summed E-state index contributed by atoms with van der Waals surface area (Å²) in [5.74, 6) is 1.10. The number of aliphatic hydroxyl groups is 1.